The number of para-hydroxylation sites is 1. The predicted octanol–water partition coefficient (Wildman–Crippen LogP) is 5.19. The highest BCUT2D eigenvalue weighted by Crippen LogP contribution is 2.29. The summed E-state index contributed by atoms with van der Waals surface area (Å²) in [6.07, 6.45) is 0.957. The number of benzene rings is 1. The van der Waals surface area contributed by atoms with Crippen molar-refractivity contribution in [2.75, 3.05) is 11.1 Å². The van der Waals surface area contributed by atoms with Crippen molar-refractivity contribution in [3.63, 3.8) is 0 Å². The number of hydrogen-bond donors (Lipinski definition) is 1. The van der Waals surface area contributed by atoms with Gasteiger partial charge in [0, 0.05) is 10.6 Å². The molecule has 1 aromatic carbocycles. The van der Waals surface area contributed by atoms with Gasteiger partial charge in [-0.15, -0.1) is 21.5 Å². The molecule has 7 heteroatoms. The third-order valence-electron chi connectivity index (χ3n) is 3.39. The molecular weight excluding hydrogens is 358 g/mol. The number of ketones is 1. The summed E-state index contributed by atoms with van der Waals surface area (Å²) in [4.78, 5) is 14.1. The lowest BCUT2D eigenvalue weighted by Crippen LogP contribution is -1.98. The van der Waals surface area contributed by atoms with Crippen LogP contribution in [0.3, 0.4) is 0 Å². The first-order valence-corrected chi connectivity index (χ1v) is 10.2. The molecule has 2 heterocycles. The number of thioether (sulfide) groups is 1. The molecule has 1 N–H and O–H groups in total. The van der Waals surface area contributed by atoms with Crippen molar-refractivity contribution in [3.05, 3.63) is 51.7 Å². The summed E-state index contributed by atoms with van der Waals surface area (Å²) in [6.45, 7) is 4.13. The zero-order valence-corrected chi connectivity index (χ0v) is 15.9. The highest BCUT2D eigenvalue weighted by Gasteiger charge is 2.12. The molecule has 24 heavy (non-hydrogen) atoms. The van der Waals surface area contributed by atoms with Gasteiger partial charge in [-0.05, 0) is 37.1 Å². The number of aryl methyl sites for hydroxylation is 2. The number of carbonyl (C=O) groups is 1. The molecule has 0 fully saturated rings. The summed E-state index contributed by atoms with van der Waals surface area (Å²) in [7, 11) is 0. The topological polar surface area (TPSA) is 54.9 Å². The van der Waals surface area contributed by atoms with Crippen LogP contribution in [0, 0.1) is 6.92 Å². The number of thiophene rings is 1. The van der Waals surface area contributed by atoms with Crippen LogP contribution in [0.15, 0.2) is 40.7 Å². The van der Waals surface area contributed by atoms with Gasteiger partial charge < -0.3 is 5.32 Å². The Hall–Kier alpha value is -1.70. The number of hydrogen-bond acceptors (Lipinski definition) is 7. The van der Waals surface area contributed by atoms with E-state index in [1.54, 1.807) is 0 Å². The summed E-state index contributed by atoms with van der Waals surface area (Å²) < 4.78 is 0.799. The Morgan fingerprint density at radius 1 is 1.17 bits per heavy atom. The number of rotatable bonds is 7. The Morgan fingerprint density at radius 3 is 2.75 bits per heavy atom. The van der Waals surface area contributed by atoms with E-state index in [0.717, 1.165) is 31.3 Å². The van der Waals surface area contributed by atoms with Crippen molar-refractivity contribution in [2.24, 2.45) is 0 Å². The van der Waals surface area contributed by atoms with E-state index in [-0.39, 0.29) is 5.78 Å². The van der Waals surface area contributed by atoms with Crippen molar-refractivity contribution >= 4 is 51.0 Å². The van der Waals surface area contributed by atoms with Gasteiger partial charge in [-0.1, -0.05) is 48.2 Å². The van der Waals surface area contributed by atoms with Crippen LogP contribution in [0.25, 0.3) is 0 Å². The third-order valence-corrected chi connectivity index (χ3v) is 6.40. The maximum Gasteiger partial charge on any atom is 0.210 e. The fourth-order valence-corrected chi connectivity index (χ4v) is 4.71. The van der Waals surface area contributed by atoms with Gasteiger partial charge in [0.1, 0.15) is 0 Å². The minimum Gasteiger partial charge on any atom is -0.330 e. The Balaban J connectivity index is 1.60. The summed E-state index contributed by atoms with van der Waals surface area (Å²) in [6, 6.07) is 12.0. The molecule has 0 unspecified atom stereocenters. The van der Waals surface area contributed by atoms with E-state index in [0.29, 0.717) is 5.75 Å². The molecule has 0 radical (unpaired) electrons. The molecule has 0 aliphatic heterocycles. The van der Waals surface area contributed by atoms with E-state index in [1.807, 2.05) is 37.3 Å². The molecule has 0 aliphatic carbocycles. The summed E-state index contributed by atoms with van der Waals surface area (Å²) in [5.41, 5.74) is 2.29. The second-order valence-corrected chi connectivity index (χ2v) is 8.62. The maximum atomic E-state index is 12.1. The van der Waals surface area contributed by atoms with Crippen LogP contribution in [0.1, 0.15) is 27.0 Å². The first kappa shape index (κ1) is 17.1. The first-order valence-electron chi connectivity index (χ1n) is 7.56. The van der Waals surface area contributed by atoms with Gasteiger partial charge in [-0.3, -0.25) is 4.79 Å². The molecule has 2 aromatic heterocycles. The first-order chi connectivity index (χ1) is 11.7. The number of nitrogens with zero attached hydrogens (tertiary/aromatic N) is 2. The monoisotopic (exact) mass is 375 g/mol. The van der Waals surface area contributed by atoms with Gasteiger partial charge in [-0.2, -0.15) is 0 Å². The lowest BCUT2D eigenvalue weighted by Gasteiger charge is -2.06. The van der Waals surface area contributed by atoms with Gasteiger partial charge in [0.05, 0.1) is 10.6 Å². The third kappa shape index (κ3) is 4.23. The predicted molar refractivity (Wildman–Crippen MR) is 103 cm³/mol. The van der Waals surface area contributed by atoms with Gasteiger partial charge in [0.2, 0.25) is 5.13 Å². The lowest BCUT2D eigenvalue weighted by molar-refractivity contribution is 0.102. The highest BCUT2D eigenvalue weighted by molar-refractivity contribution is 8.01. The van der Waals surface area contributed by atoms with Crippen molar-refractivity contribution < 1.29 is 4.79 Å². The molecule has 3 rings (SSSR count). The largest absolute Gasteiger partial charge is 0.330 e. The number of anilines is 2. The zero-order valence-electron chi connectivity index (χ0n) is 13.4. The molecule has 0 saturated carbocycles. The minimum atomic E-state index is 0.138. The Morgan fingerprint density at radius 2 is 2.00 bits per heavy atom. The van der Waals surface area contributed by atoms with E-state index in [4.69, 9.17) is 0 Å². The summed E-state index contributed by atoms with van der Waals surface area (Å²) >= 11 is 4.44. The smallest absolute Gasteiger partial charge is 0.210 e. The van der Waals surface area contributed by atoms with Crippen LogP contribution in [-0.4, -0.2) is 21.7 Å². The number of aromatic nitrogens is 2. The number of Topliss-reactive ketones (excluding diaryl/α,β-unsaturated/α-hetero) is 1. The molecule has 4 nitrogen and oxygen atoms in total. The van der Waals surface area contributed by atoms with Gasteiger partial charge in [0.15, 0.2) is 10.1 Å². The Kier molecular flexibility index (Phi) is 5.65. The molecule has 0 bridgehead atoms. The quantitative estimate of drug-likeness (QED) is 0.455. The molecule has 0 saturated heterocycles. The van der Waals surface area contributed by atoms with Crippen molar-refractivity contribution in [1.82, 2.24) is 10.2 Å². The van der Waals surface area contributed by atoms with Crippen LogP contribution in [-0.2, 0) is 6.42 Å². The Labute approximate surface area is 153 Å². The SMILES string of the molecule is CCc1ccccc1Nc1nnc(SCC(=O)c2ccc(C)s2)s1. The fourth-order valence-electron chi connectivity index (χ4n) is 2.17. The lowest BCUT2D eigenvalue weighted by atomic mass is 10.1. The van der Waals surface area contributed by atoms with Crippen LogP contribution in [0.4, 0.5) is 10.8 Å². The van der Waals surface area contributed by atoms with Crippen molar-refractivity contribution in [2.45, 2.75) is 24.6 Å². The second-order valence-electron chi connectivity index (χ2n) is 5.13. The van der Waals surface area contributed by atoms with E-state index in [9.17, 15) is 4.79 Å². The van der Waals surface area contributed by atoms with Crippen LogP contribution in [0.2, 0.25) is 0 Å². The fraction of sp³-hybridized carbons (Fsp3) is 0.235. The normalized spacial score (nSPS) is 10.8. The highest BCUT2D eigenvalue weighted by atomic mass is 32.2. The average Bonchev–Trinajstić information content (AvgIpc) is 3.22. The average molecular weight is 376 g/mol. The second kappa shape index (κ2) is 7.92. The maximum absolute atomic E-state index is 12.1. The molecule has 0 spiro atoms. The summed E-state index contributed by atoms with van der Waals surface area (Å²) in [5.74, 6) is 0.527. The molecule has 0 atom stereocenters. The number of carbonyl (C=O) groups excluding carboxylic acids is 1. The molecule has 3 aromatic rings. The zero-order chi connectivity index (χ0) is 16.9. The van der Waals surface area contributed by atoms with E-state index in [1.165, 1.54) is 40.0 Å². The Bertz CT molecular complexity index is 841. The van der Waals surface area contributed by atoms with Gasteiger partial charge in [-0.25, -0.2) is 0 Å². The van der Waals surface area contributed by atoms with Gasteiger partial charge >= 0.3 is 0 Å². The standard InChI is InChI=1S/C17H17N3OS3/c1-3-12-6-4-5-7-13(12)18-16-19-20-17(24-16)22-10-14(21)15-9-8-11(2)23-15/h4-9H,3,10H2,1-2H3,(H,18,19). The van der Waals surface area contributed by atoms with Crippen LogP contribution < -0.4 is 5.32 Å². The van der Waals surface area contributed by atoms with Crippen LogP contribution in [0.5, 0.6) is 0 Å². The molecule has 0 amide bonds. The van der Waals surface area contributed by atoms with Crippen LogP contribution >= 0.6 is 34.4 Å². The summed E-state index contributed by atoms with van der Waals surface area (Å²) in [5, 5.41) is 12.4. The van der Waals surface area contributed by atoms with Gasteiger partial charge in [0.25, 0.3) is 0 Å². The van der Waals surface area contributed by atoms with E-state index in [2.05, 4.69) is 28.5 Å². The molecule has 124 valence electrons. The van der Waals surface area contributed by atoms with Crippen molar-refractivity contribution in [1.29, 1.82) is 0 Å². The number of nitrogens with one attached hydrogen (secondary N) is 1. The van der Waals surface area contributed by atoms with Crippen molar-refractivity contribution in [3.8, 4) is 0 Å². The molecule has 0 aliphatic rings. The van der Waals surface area contributed by atoms with E-state index >= 15 is 0 Å². The minimum absolute atomic E-state index is 0.138. The molecular formula is C17H17N3OS3. The van der Waals surface area contributed by atoms with E-state index < -0.39 is 0 Å².